The lowest BCUT2D eigenvalue weighted by atomic mass is 10.1. The van der Waals surface area contributed by atoms with Gasteiger partial charge in [0, 0.05) is 18.2 Å². The van der Waals surface area contributed by atoms with Crippen LogP contribution in [0.4, 0.5) is 5.69 Å². The van der Waals surface area contributed by atoms with Crippen LogP contribution in [0.2, 0.25) is 0 Å². The van der Waals surface area contributed by atoms with Gasteiger partial charge in [0.2, 0.25) is 5.91 Å². The number of hydrogen-bond donors (Lipinski definition) is 2. The van der Waals surface area contributed by atoms with Gasteiger partial charge in [-0.25, -0.2) is 0 Å². The number of benzene rings is 1. The Morgan fingerprint density at radius 1 is 1.09 bits per heavy atom. The van der Waals surface area contributed by atoms with Crippen LogP contribution in [0, 0.1) is 0 Å². The first-order valence-electron chi connectivity index (χ1n) is 7.93. The average molecular weight is 338 g/mol. The minimum Gasteiger partial charge on any atom is -0.493 e. The summed E-state index contributed by atoms with van der Waals surface area (Å²) in [5.41, 5.74) is 0.732. The van der Waals surface area contributed by atoms with Crippen LogP contribution in [0.3, 0.4) is 0 Å². The van der Waals surface area contributed by atoms with E-state index in [-0.39, 0.29) is 11.0 Å². The molecule has 128 valence electrons. The first-order chi connectivity index (χ1) is 11.1. The Bertz CT molecular complexity index is 521. The Labute approximate surface area is 143 Å². The molecule has 1 aromatic carbocycles. The molecule has 0 aliphatic heterocycles. The zero-order valence-electron chi connectivity index (χ0n) is 14.1. The number of carbonyl (C=O) groups excluding carboxylic acids is 1. The topological polar surface area (TPSA) is 59.6 Å². The monoisotopic (exact) mass is 338 g/mol. The molecule has 0 spiro atoms. The SMILES string of the molecule is CCCCCCCC(=O)NC(=S)Nc1ccc(OC)c(OC)c1. The van der Waals surface area contributed by atoms with Gasteiger partial charge >= 0.3 is 0 Å². The summed E-state index contributed by atoms with van der Waals surface area (Å²) in [6, 6.07) is 5.35. The molecule has 0 saturated heterocycles. The summed E-state index contributed by atoms with van der Waals surface area (Å²) < 4.78 is 10.4. The van der Waals surface area contributed by atoms with Crippen LogP contribution in [0.1, 0.15) is 45.4 Å². The van der Waals surface area contributed by atoms with Crippen LogP contribution in [0.5, 0.6) is 11.5 Å². The van der Waals surface area contributed by atoms with Gasteiger partial charge in [-0.3, -0.25) is 4.79 Å². The van der Waals surface area contributed by atoms with Crippen molar-refractivity contribution in [3.63, 3.8) is 0 Å². The number of carbonyl (C=O) groups is 1. The second-order valence-electron chi connectivity index (χ2n) is 5.24. The molecule has 0 radical (unpaired) electrons. The van der Waals surface area contributed by atoms with Crippen molar-refractivity contribution in [2.45, 2.75) is 45.4 Å². The minimum absolute atomic E-state index is 0.0560. The summed E-state index contributed by atoms with van der Waals surface area (Å²) in [5.74, 6) is 1.18. The zero-order chi connectivity index (χ0) is 17.1. The van der Waals surface area contributed by atoms with Crippen LogP contribution in [-0.4, -0.2) is 25.2 Å². The molecule has 6 heteroatoms. The molecule has 23 heavy (non-hydrogen) atoms. The third-order valence-corrected chi connectivity index (χ3v) is 3.61. The van der Waals surface area contributed by atoms with Crippen LogP contribution in [0.15, 0.2) is 18.2 Å². The standard InChI is InChI=1S/C17H26N2O3S/c1-4-5-6-7-8-9-16(20)19-17(23)18-13-10-11-14(21-2)15(12-13)22-3/h10-12H,4-9H2,1-3H3,(H2,18,19,20,23). The number of nitrogens with one attached hydrogen (secondary N) is 2. The van der Waals surface area contributed by atoms with Crippen molar-refractivity contribution < 1.29 is 14.3 Å². The lowest BCUT2D eigenvalue weighted by Gasteiger charge is -2.12. The van der Waals surface area contributed by atoms with E-state index in [1.165, 1.54) is 19.3 Å². The van der Waals surface area contributed by atoms with Gasteiger partial charge in [0.1, 0.15) is 0 Å². The van der Waals surface area contributed by atoms with Gasteiger partial charge in [-0.2, -0.15) is 0 Å². The number of thiocarbonyl (C=S) groups is 1. The van der Waals surface area contributed by atoms with Gasteiger partial charge in [-0.1, -0.05) is 32.6 Å². The van der Waals surface area contributed by atoms with E-state index in [0.717, 1.165) is 18.5 Å². The number of hydrogen-bond acceptors (Lipinski definition) is 4. The maximum absolute atomic E-state index is 11.8. The molecule has 0 aromatic heterocycles. The van der Waals surface area contributed by atoms with E-state index in [0.29, 0.717) is 17.9 Å². The van der Waals surface area contributed by atoms with Crippen molar-refractivity contribution in [2.24, 2.45) is 0 Å². The Morgan fingerprint density at radius 2 is 1.78 bits per heavy atom. The number of methoxy groups -OCH3 is 2. The Balaban J connectivity index is 2.39. The number of amides is 1. The molecule has 1 aromatic rings. The smallest absolute Gasteiger partial charge is 0.226 e. The van der Waals surface area contributed by atoms with Crippen molar-refractivity contribution in [3.05, 3.63) is 18.2 Å². The van der Waals surface area contributed by atoms with Crippen molar-refractivity contribution in [2.75, 3.05) is 19.5 Å². The van der Waals surface area contributed by atoms with Crippen molar-refractivity contribution in [1.82, 2.24) is 5.32 Å². The first-order valence-corrected chi connectivity index (χ1v) is 8.34. The van der Waals surface area contributed by atoms with Gasteiger partial charge in [-0.15, -0.1) is 0 Å². The molecule has 0 aliphatic carbocycles. The third-order valence-electron chi connectivity index (χ3n) is 3.40. The predicted octanol–water partition coefficient (Wildman–Crippen LogP) is 3.88. The number of unbranched alkanes of at least 4 members (excludes halogenated alkanes) is 4. The molecular formula is C17H26N2O3S. The highest BCUT2D eigenvalue weighted by molar-refractivity contribution is 7.80. The second kappa shape index (κ2) is 10.8. The molecule has 0 saturated carbocycles. The molecule has 1 amide bonds. The summed E-state index contributed by atoms with van der Waals surface area (Å²) in [6.07, 6.45) is 6.07. The van der Waals surface area contributed by atoms with Gasteiger partial charge in [0.15, 0.2) is 16.6 Å². The van der Waals surface area contributed by atoms with Crippen LogP contribution in [0.25, 0.3) is 0 Å². The van der Waals surface area contributed by atoms with Gasteiger partial charge < -0.3 is 20.1 Å². The normalized spacial score (nSPS) is 10.0. The van der Waals surface area contributed by atoms with E-state index < -0.39 is 0 Å². The van der Waals surface area contributed by atoms with E-state index in [1.807, 2.05) is 6.07 Å². The van der Waals surface area contributed by atoms with Gasteiger partial charge in [0.25, 0.3) is 0 Å². The quantitative estimate of drug-likeness (QED) is 0.528. The Morgan fingerprint density at radius 3 is 2.43 bits per heavy atom. The molecule has 5 nitrogen and oxygen atoms in total. The number of ether oxygens (including phenoxy) is 2. The van der Waals surface area contributed by atoms with E-state index in [9.17, 15) is 4.79 Å². The molecule has 2 N–H and O–H groups in total. The Hall–Kier alpha value is -1.82. The van der Waals surface area contributed by atoms with Crippen LogP contribution in [-0.2, 0) is 4.79 Å². The predicted molar refractivity (Wildman–Crippen MR) is 97.3 cm³/mol. The van der Waals surface area contributed by atoms with E-state index >= 15 is 0 Å². The second-order valence-corrected chi connectivity index (χ2v) is 5.64. The lowest BCUT2D eigenvalue weighted by Crippen LogP contribution is -2.33. The summed E-state index contributed by atoms with van der Waals surface area (Å²) >= 11 is 5.16. The van der Waals surface area contributed by atoms with E-state index in [1.54, 1.807) is 26.4 Å². The summed E-state index contributed by atoms with van der Waals surface area (Å²) in [4.78, 5) is 11.8. The molecule has 0 bridgehead atoms. The third kappa shape index (κ3) is 7.32. The zero-order valence-corrected chi connectivity index (χ0v) is 14.9. The van der Waals surface area contributed by atoms with E-state index in [4.69, 9.17) is 21.7 Å². The molecule has 0 heterocycles. The van der Waals surface area contributed by atoms with Crippen molar-refractivity contribution in [3.8, 4) is 11.5 Å². The van der Waals surface area contributed by atoms with E-state index in [2.05, 4.69) is 17.6 Å². The maximum Gasteiger partial charge on any atom is 0.226 e. The highest BCUT2D eigenvalue weighted by Gasteiger charge is 2.08. The van der Waals surface area contributed by atoms with Crippen molar-refractivity contribution >= 4 is 28.9 Å². The largest absolute Gasteiger partial charge is 0.493 e. The number of rotatable bonds is 9. The average Bonchev–Trinajstić information content (AvgIpc) is 2.54. The van der Waals surface area contributed by atoms with Gasteiger partial charge in [-0.05, 0) is 30.8 Å². The molecule has 0 aliphatic rings. The molecule has 0 atom stereocenters. The molecule has 1 rings (SSSR count). The summed E-state index contributed by atoms with van der Waals surface area (Å²) in [7, 11) is 3.15. The minimum atomic E-state index is -0.0560. The lowest BCUT2D eigenvalue weighted by molar-refractivity contribution is -0.119. The fraction of sp³-hybridized carbons (Fsp3) is 0.529. The van der Waals surface area contributed by atoms with Crippen LogP contribution < -0.4 is 20.1 Å². The molecule has 0 unspecified atom stereocenters. The fourth-order valence-corrected chi connectivity index (χ4v) is 2.39. The van der Waals surface area contributed by atoms with Crippen molar-refractivity contribution in [1.29, 1.82) is 0 Å². The molecule has 0 fully saturated rings. The van der Waals surface area contributed by atoms with Gasteiger partial charge in [0.05, 0.1) is 14.2 Å². The summed E-state index contributed by atoms with van der Waals surface area (Å²) in [6.45, 7) is 2.17. The highest BCUT2D eigenvalue weighted by Crippen LogP contribution is 2.29. The maximum atomic E-state index is 11.8. The highest BCUT2D eigenvalue weighted by atomic mass is 32.1. The first kappa shape index (κ1) is 19.2. The van der Waals surface area contributed by atoms with Crippen LogP contribution >= 0.6 is 12.2 Å². The summed E-state index contributed by atoms with van der Waals surface area (Å²) in [5, 5.41) is 5.96. The fourth-order valence-electron chi connectivity index (χ4n) is 2.15. The Kier molecular flexibility index (Phi) is 9.05. The molecular weight excluding hydrogens is 312 g/mol. The number of anilines is 1.